The van der Waals surface area contributed by atoms with E-state index >= 15 is 0 Å². The highest BCUT2D eigenvalue weighted by molar-refractivity contribution is 7.89. The van der Waals surface area contributed by atoms with Gasteiger partial charge in [0.05, 0.1) is 0 Å². The van der Waals surface area contributed by atoms with E-state index in [9.17, 15) is 22.0 Å². The molecule has 3 aromatic rings. The molecule has 2 N–H and O–H groups in total. The van der Waals surface area contributed by atoms with Crippen LogP contribution in [0.25, 0.3) is 11.1 Å². The summed E-state index contributed by atoms with van der Waals surface area (Å²) in [6, 6.07) is 11.3. The van der Waals surface area contributed by atoms with Crippen molar-refractivity contribution in [3.8, 4) is 11.1 Å². The second kappa shape index (κ2) is 7.55. The molecule has 0 saturated heterocycles. The molecule has 0 saturated carbocycles. The molecule has 0 spiro atoms. The minimum atomic E-state index is -4.40. The van der Waals surface area contributed by atoms with Gasteiger partial charge in [-0.25, -0.2) is 17.2 Å². The fraction of sp³-hybridized carbons (Fsp3) is 0.0556. The van der Waals surface area contributed by atoms with Crippen LogP contribution in [0.5, 0.6) is 0 Å². The number of aryl methyl sites for hydroxylation is 1. The van der Waals surface area contributed by atoms with Crippen LogP contribution in [0, 0.1) is 18.6 Å². The van der Waals surface area contributed by atoms with Crippen molar-refractivity contribution >= 4 is 27.3 Å². The molecule has 140 valence electrons. The fourth-order valence-electron chi connectivity index (χ4n) is 2.36. The minimum Gasteiger partial charge on any atom is -0.273 e. The number of thiophene rings is 1. The van der Waals surface area contributed by atoms with Crippen molar-refractivity contribution in [2.45, 2.75) is 11.8 Å². The molecule has 0 aliphatic heterocycles. The molecule has 0 fully saturated rings. The Bertz CT molecular complexity index is 1090. The molecule has 2 aromatic carbocycles. The number of hydrogen-bond acceptors (Lipinski definition) is 4. The van der Waals surface area contributed by atoms with Gasteiger partial charge in [0, 0.05) is 11.6 Å². The molecular formula is C18H14F2N2O3S2. The van der Waals surface area contributed by atoms with E-state index in [0.717, 1.165) is 34.6 Å². The Morgan fingerprint density at radius 3 is 2.41 bits per heavy atom. The molecule has 3 rings (SSSR count). The van der Waals surface area contributed by atoms with Gasteiger partial charge in [-0.2, -0.15) is 0 Å². The molecule has 1 amide bonds. The summed E-state index contributed by atoms with van der Waals surface area (Å²) in [5.74, 6) is -2.85. The van der Waals surface area contributed by atoms with Crippen LogP contribution in [-0.2, 0) is 10.0 Å². The third-order valence-electron chi connectivity index (χ3n) is 3.72. The number of nitrogens with one attached hydrogen (secondary N) is 2. The Morgan fingerprint density at radius 2 is 1.74 bits per heavy atom. The van der Waals surface area contributed by atoms with Crippen LogP contribution in [0.4, 0.5) is 8.78 Å². The predicted molar refractivity (Wildman–Crippen MR) is 98.6 cm³/mol. The average molecular weight is 408 g/mol. The van der Waals surface area contributed by atoms with Crippen LogP contribution < -0.4 is 10.3 Å². The van der Waals surface area contributed by atoms with Gasteiger partial charge in [0.15, 0.2) is 0 Å². The SMILES string of the molecule is Cc1ccc(-c2ccsc2C(=O)NNS(=O)(=O)c2ccc(F)cc2F)cc1. The van der Waals surface area contributed by atoms with E-state index < -0.39 is 32.5 Å². The van der Waals surface area contributed by atoms with Gasteiger partial charge >= 0.3 is 0 Å². The number of benzene rings is 2. The first-order valence-corrected chi connectivity index (χ1v) is 10.1. The number of hydrogen-bond donors (Lipinski definition) is 2. The smallest absolute Gasteiger partial charge is 0.273 e. The molecule has 0 unspecified atom stereocenters. The second-order valence-corrected chi connectivity index (χ2v) is 8.23. The fourth-order valence-corrected chi connectivity index (χ4v) is 4.07. The highest BCUT2D eigenvalue weighted by Crippen LogP contribution is 2.28. The zero-order chi connectivity index (χ0) is 19.6. The van der Waals surface area contributed by atoms with Gasteiger partial charge < -0.3 is 0 Å². The monoisotopic (exact) mass is 408 g/mol. The number of hydrazine groups is 1. The number of carbonyl (C=O) groups is 1. The van der Waals surface area contributed by atoms with Crippen LogP contribution >= 0.6 is 11.3 Å². The van der Waals surface area contributed by atoms with Crippen molar-refractivity contribution in [1.29, 1.82) is 0 Å². The predicted octanol–water partition coefficient (Wildman–Crippen LogP) is 3.63. The van der Waals surface area contributed by atoms with E-state index in [0.29, 0.717) is 16.5 Å². The minimum absolute atomic E-state index is 0.293. The topological polar surface area (TPSA) is 75.3 Å². The maximum atomic E-state index is 13.7. The summed E-state index contributed by atoms with van der Waals surface area (Å²) in [6.07, 6.45) is 0. The van der Waals surface area contributed by atoms with Gasteiger partial charge in [-0.3, -0.25) is 10.2 Å². The number of carbonyl (C=O) groups excluding carboxylic acids is 1. The normalized spacial score (nSPS) is 11.4. The standard InChI is InChI=1S/C18H14F2N2O3S2/c1-11-2-4-12(5-3-11)14-8-9-26-17(14)18(23)21-22-27(24,25)16-7-6-13(19)10-15(16)20/h2-10,22H,1H3,(H,21,23). The van der Waals surface area contributed by atoms with Gasteiger partial charge in [0.2, 0.25) is 0 Å². The summed E-state index contributed by atoms with van der Waals surface area (Å²) in [4.78, 5) is 13.8. The summed E-state index contributed by atoms with van der Waals surface area (Å²) < 4.78 is 50.9. The average Bonchev–Trinajstić information content (AvgIpc) is 3.10. The summed E-state index contributed by atoms with van der Waals surface area (Å²) in [6.45, 7) is 1.94. The zero-order valence-corrected chi connectivity index (χ0v) is 15.6. The number of halogens is 2. The molecule has 0 aliphatic rings. The van der Waals surface area contributed by atoms with Crippen LogP contribution in [0.2, 0.25) is 0 Å². The molecule has 0 radical (unpaired) electrons. The molecule has 0 atom stereocenters. The molecule has 1 aromatic heterocycles. The van der Waals surface area contributed by atoms with Gasteiger partial charge in [0.1, 0.15) is 21.4 Å². The Hall–Kier alpha value is -2.62. The van der Waals surface area contributed by atoms with Crippen molar-refractivity contribution < 1.29 is 22.0 Å². The lowest BCUT2D eigenvalue weighted by Crippen LogP contribution is -2.41. The lowest BCUT2D eigenvalue weighted by Gasteiger charge is -2.10. The Labute approximate surface area is 158 Å². The van der Waals surface area contributed by atoms with Crippen LogP contribution in [0.15, 0.2) is 58.8 Å². The number of rotatable bonds is 5. The first-order chi connectivity index (χ1) is 12.8. The molecule has 0 aliphatic carbocycles. The van der Waals surface area contributed by atoms with E-state index in [-0.39, 0.29) is 0 Å². The Balaban J connectivity index is 1.79. The van der Waals surface area contributed by atoms with Crippen molar-refractivity contribution in [2.24, 2.45) is 0 Å². The maximum Gasteiger partial charge on any atom is 0.276 e. The first-order valence-electron chi connectivity index (χ1n) is 7.69. The molecule has 1 heterocycles. The van der Waals surface area contributed by atoms with Crippen molar-refractivity contribution in [3.05, 3.63) is 76.0 Å². The lowest BCUT2D eigenvalue weighted by molar-refractivity contribution is 0.0949. The van der Waals surface area contributed by atoms with Crippen LogP contribution in [-0.4, -0.2) is 14.3 Å². The van der Waals surface area contributed by atoms with Crippen molar-refractivity contribution in [3.63, 3.8) is 0 Å². The quantitative estimate of drug-likeness (QED) is 0.633. The first kappa shape index (κ1) is 19.2. The number of amides is 1. The third-order valence-corrected chi connectivity index (χ3v) is 5.91. The van der Waals surface area contributed by atoms with Crippen LogP contribution in [0.1, 0.15) is 15.2 Å². The zero-order valence-electron chi connectivity index (χ0n) is 14.0. The summed E-state index contributed by atoms with van der Waals surface area (Å²) in [5.41, 5.74) is 4.57. The molecule has 9 heteroatoms. The largest absolute Gasteiger partial charge is 0.276 e. The highest BCUT2D eigenvalue weighted by Gasteiger charge is 2.22. The molecule has 27 heavy (non-hydrogen) atoms. The number of sulfonamides is 1. The van der Waals surface area contributed by atoms with Gasteiger partial charge in [0.25, 0.3) is 15.9 Å². The van der Waals surface area contributed by atoms with E-state index in [1.165, 1.54) is 0 Å². The molecular weight excluding hydrogens is 394 g/mol. The van der Waals surface area contributed by atoms with Gasteiger partial charge in [-0.05, 0) is 36.1 Å². The lowest BCUT2D eigenvalue weighted by atomic mass is 10.1. The highest BCUT2D eigenvalue weighted by atomic mass is 32.2. The summed E-state index contributed by atoms with van der Waals surface area (Å²) >= 11 is 1.14. The third kappa shape index (κ3) is 4.21. The Morgan fingerprint density at radius 1 is 1.04 bits per heavy atom. The van der Waals surface area contributed by atoms with E-state index in [1.54, 1.807) is 11.4 Å². The van der Waals surface area contributed by atoms with Crippen molar-refractivity contribution in [2.75, 3.05) is 0 Å². The van der Waals surface area contributed by atoms with E-state index in [2.05, 4.69) is 5.43 Å². The van der Waals surface area contributed by atoms with Gasteiger partial charge in [-0.15, -0.1) is 16.2 Å². The van der Waals surface area contributed by atoms with Gasteiger partial charge in [-0.1, -0.05) is 29.8 Å². The second-order valence-electron chi connectivity index (χ2n) is 5.66. The van der Waals surface area contributed by atoms with E-state index in [1.807, 2.05) is 36.0 Å². The molecule has 5 nitrogen and oxygen atoms in total. The van der Waals surface area contributed by atoms with Crippen molar-refractivity contribution in [1.82, 2.24) is 10.3 Å². The maximum absolute atomic E-state index is 13.7. The van der Waals surface area contributed by atoms with Crippen LogP contribution in [0.3, 0.4) is 0 Å². The molecule has 0 bridgehead atoms. The summed E-state index contributed by atoms with van der Waals surface area (Å²) in [5, 5.41) is 1.71. The Kier molecular flexibility index (Phi) is 5.36. The summed E-state index contributed by atoms with van der Waals surface area (Å²) in [7, 11) is -4.40. The van der Waals surface area contributed by atoms with E-state index in [4.69, 9.17) is 0 Å².